The first-order valence-electron chi connectivity index (χ1n) is 8.14. The van der Waals surface area contributed by atoms with Crippen LogP contribution in [-0.2, 0) is 16.1 Å². The van der Waals surface area contributed by atoms with Crippen LogP contribution in [0.3, 0.4) is 0 Å². The fourth-order valence-electron chi connectivity index (χ4n) is 2.90. The van der Waals surface area contributed by atoms with E-state index in [1.54, 1.807) is 25.1 Å². The summed E-state index contributed by atoms with van der Waals surface area (Å²) in [7, 11) is 4.30. The molecule has 2 aromatic carbocycles. The van der Waals surface area contributed by atoms with E-state index in [4.69, 9.17) is 18.9 Å². The number of benzene rings is 2. The van der Waals surface area contributed by atoms with Gasteiger partial charge in [-0.1, -0.05) is 6.07 Å². The van der Waals surface area contributed by atoms with Gasteiger partial charge in [-0.05, 0) is 30.7 Å². The molecule has 0 radical (unpaired) electrons. The lowest BCUT2D eigenvalue weighted by atomic mass is 9.93. The van der Waals surface area contributed by atoms with Crippen molar-refractivity contribution in [1.82, 2.24) is 0 Å². The number of ketones is 1. The number of aryl methyl sites for hydroxylation is 1. The highest BCUT2D eigenvalue weighted by atomic mass is 16.5. The van der Waals surface area contributed by atoms with Crippen LogP contribution in [0.5, 0.6) is 23.0 Å². The van der Waals surface area contributed by atoms with E-state index >= 15 is 0 Å². The maximum atomic E-state index is 13.4. The van der Waals surface area contributed by atoms with Crippen LogP contribution >= 0.6 is 0 Å². The van der Waals surface area contributed by atoms with Crippen molar-refractivity contribution >= 4 is 11.8 Å². The highest BCUT2D eigenvalue weighted by molar-refractivity contribution is 6.15. The van der Waals surface area contributed by atoms with Crippen LogP contribution in [0.4, 0.5) is 0 Å². The average Bonchev–Trinajstić information content (AvgIpc) is 2.64. The van der Waals surface area contributed by atoms with Gasteiger partial charge in [0.2, 0.25) is 5.78 Å². The Morgan fingerprint density at radius 2 is 1.59 bits per heavy atom. The number of esters is 1. The number of carbonyl (C=O) groups excluding carboxylic acids is 2. The van der Waals surface area contributed by atoms with Gasteiger partial charge in [0.15, 0.2) is 0 Å². The van der Waals surface area contributed by atoms with Gasteiger partial charge in [-0.3, -0.25) is 9.59 Å². The Bertz CT molecular complexity index is 849. The number of carbonyl (C=O) groups is 2. The van der Waals surface area contributed by atoms with Gasteiger partial charge < -0.3 is 24.1 Å². The van der Waals surface area contributed by atoms with Gasteiger partial charge in [-0.15, -0.1) is 0 Å². The molecule has 0 aliphatic rings. The Hall–Kier alpha value is -3.22. The van der Waals surface area contributed by atoms with Gasteiger partial charge in [-0.25, -0.2) is 0 Å². The number of ether oxygens (including phenoxy) is 4. The zero-order valence-corrected chi connectivity index (χ0v) is 15.9. The Morgan fingerprint density at radius 1 is 1.00 bits per heavy atom. The molecule has 0 aliphatic heterocycles. The molecule has 0 fully saturated rings. The highest BCUT2D eigenvalue weighted by Gasteiger charge is 2.28. The Morgan fingerprint density at radius 3 is 2.07 bits per heavy atom. The van der Waals surface area contributed by atoms with Crippen molar-refractivity contribution < 1.29 is 33.6 Å². The minimum absolute atomic E-state index is 0.0403. The normalized spacial score (nSPS) is 10.3. The number of hydrogen-bond donors (Lipinski definition) is 1. The van der Waals surface area contributed by atoms with E-state index in [9.17, 15) is 14.7 Å². The molecule has 0 amide bonds. The van der Waals surface area contributed by atoms with E-state index in [-0.39, 0.29) is 40.5 Å². The minimum atomic E-state index is -0.540. The van der Waals surface area contributed by atoms with Crippen LogP contribution < -0.4 is 14.2 Å². The van der Waals surface area contributed by atoms with Crippen LogP contribution in [0.2, 0.25) is 0 Å². The Kier molecular flexibility index (Phi) is 6.28. The summed E-state index contributed by atoms with van der Waals surface area (Å²) in [5.41, 5.74) is 0.970. The molecule has 0 aliphatic carbocycles. The molecule has 7 nitrogen and oxygen atoms in total. The lowest BCUT2D eigenvalue weighted by Crippen LogP contribution is -2.13. The lowest BCUT2D eigenvalue weighted by Gasteiger charge is -2.19. The zero-order chi connectivity index (χ0) is 20.1. The van der Waals surface area contributed by atoms with Gasteiger partial charge in [0.05, 0.1) is 26.9 Å². The van der Waals surface area contributed by atoms with Gasteiger partial charge in [0.1, 0.15) is 35.2 Å². The summed E-state index contributed by atoms with van der Waals surface area (Å²) in [5.74, 6) is -0.387. The van der Waals surface area contributed by atoms with Crippen molar-refractivity contribution in [3.8, 4) is 23.0 Å². The van der Waals surface area contributed by atoms with E-state index in [2.05, 4.69) is 0 Å². The average molecular weight is 374 g/mol. The highest BCUT2D eigenvalue weighted by Crippen LogP contribution is 2.39. The quantitative estimate of drug-likeness (QED) is 0.588. The first kappa shape index (κ1) is 20.1. The third kappa shape index (κ3) is 3.97. The van der Waals surface area contributed by atoms with E-state index in [0.29, 0.717) is 11.3 Å². The third-order valence-electron chi connectivity index (χ3n) is 4.05. The van der Waals surface area contributed by atoms with Gasteiger partial charge >= 0.3 is 5.97 Å². The number of aromatic hydroxyl groups is 1. The first-order valence-corrected chi connectivity index (χ1v) is 8.14. The molecule has 2 rings (SSSR count). The van der Waals surface area contributed by atoms with Crippen molar-refractivity contribution in [2.75, 3.05) is 21.3 Å². The number of hydrogen-bond acceptors (Lipinski definition) is 7. The van der Waals surface area contributed by atoms with Crippen LogP contribution in [0.1, 0.15) is 34.0 Å². The summed E-state index contributed by atoms with van der Waals surface area (Å²) < 4.78 is 21.0. The van der Waals surface area contributed by atoms with Crippen LogP contribution in [0, 0.1) is 6.92 Å². The fourth-order valence-corrected chi connectivity index (χ4v) is 2.90. The predicted molar refractivity (Wildman–Crippen MR) is 97.8 cm³/mol. The molecule has 0 aromatic heterocycles. The van der Waals surface area contributed by atoms with Crippen molar-refractivity contribution in [2.24, 2.45) is 0 Å². The summed E-state index contributed by atoms with van der Waals surface area (Å²) in [6.45, 7) is 2.74. The van der Waals surface area contributed by atoms with E-state index in [0.717, 1.165) is 0 Å². The summed E-state index contributed by atoms with van der Waals surface area (Å²) in [6, 6.07) is 6.34. The SMILES string of the molecule is COc1cccc(OC)c1C(=O)c1c(O)cc(C)c(OC)c1COC(C)=O. The zero-order valence-electron chi connectivity index (χ0n) is 15.9. The van der Waals surface area contributed by atoms with Crippen LogP contribution in [0.15, 0.2) is 24.3 Å². The van der Waals surface area contributed by atoms with Crippen LogP contribution in [0.25, 0.3) is 0 Å². The number of phenols is 1. The molecular formula is C20H22O7. The molecule has 2 aromatic rings. The van der Waals surface area contributed by atoms with Crippen molar-refractivity contribution in [1.29, 1.82) is 0 Å². The topological polar surface area (TPSA) is 91.3 Å². The van der Waals surface area contributed by atoms with Crippen molar-refractivity contribution in [3.05, 3.63) is 46.5 Å². The molecule has 0 bridgehead atoms. The standard InChI is InChI=1S/C20H22O7/c1-11-9-14(22)17(13(20(11)26-5)10-27-12(2)21)19(23)18-15(24-3)7-6-8-16(18)25-4/h6-9,22H,10H2,1-5H3. The molecule has 0 heterocycles. The Balaban J connectivity index is 2.74. The van der Waals surface area contributed by atoms with Crippen molar-refractivity contribution in [3.63, 3.8) is 0 Å². The second-order valence-corrected chi connectivity index (χ2v) is 5.75. The Labute approximate surface area is 157 Å². The van der Waals surface area contributed by atoms with Gasteiger partial charge in [-0.2, -0.15) is 0 Å². The molecule has 0 unspecified atom stereocenters. The van der Waals surface area contributed by atoms with E-state index in [1.807, 2.05) is 0 Å². The van der Waals surface area contributed by atoms with Gasteiger partial charge in [0, 0.05) is 12.5 Å². The number of methoxy groups -OCH3 is 3. The molecular weight excluding hydrogens is 352 g/mol. The second-order valence-electron chi connectivity index (χ2n) is 5.75. The fraction of sp³-hybridized carbons (Fsp3) is 0.300. The molecule has 7 heteroatoms. The lowest BCUT2D eigenvalue weighted by molar-refractivity contribution is -0.142. The molecule has 144 valence electrons. The second kappa shape index (κ2) is 8.44. The van der Waals surface area contributed by atoms with Gasteiger partial charge in [0.25, 0.3) is 0 Å². The molecule has 1 N–H and O–H groups in total. The predicted octanol–water partition coefficient (Wildman–Crippen LogP) is 3.02. The molecule has 0 spiro atoms. The minimum Gasteiger partial charge on any atom is -0.507 e. The third-order valence-corrected chi connectivity index (χ3v) is 4.05. The maximum absolute atomic E-state index is 13.4. The van der Waals surface area contributed by atoms with E-state index < -0.39 is 11.8 Å². The monoisotopic (exact) mass is 374 g/mol. The first-order chi connectivity index (χ1) is 12.8. The van der Waals surface area contributed by atoms with Crippen LogP contribution in [-0.4, -0.2) is 38.2 Å². The summed E-state index contributed by atoms with van der Waals surface area (Å²) in [5, 5.41) is 10.5. The summed E-state index contributed by atoms with van der Waals surface area (Å²) >= 11 is 0. The van der Waals surface area contributed by atoms with Crippen molar-refractivity contribution in [2.45, 2.75) is 20.5 Å². The summed E-state index contributed by atoms with van der Waals surface area (Å²) in [6.07, 6.45) is 0. The maximum Gasteiger partial charge on any atom is 0.302 e. The number of phenolic OH excluding ortho intramolecular Hbond substituents is 1. The molecule has 0 atom stereocenters. The van der Waals surface area contributed by atoms with E-state index in [1.165, 1.54) is 34.3 Å². The largest absolute Gasteiger partial charge is 0.507 e. The number of rotatable bonds is 7. The molecule has 0 saturated heterocycles. The molecule has 0 saturated carbocycles. The smallest absolute Gasteiger partial charge is 0.302 e. The summed E-state index contributed by atoms with van der Waals surface area (Å²) in [4.78, 5) is 24.6. The molecule has 27 heavy (non-hydrogen) atoms.